The van der Waals surface area contributed by atoms with Crippen LogP contribution in [0, 0.1) is 0 Å². The minimum Gasteiger partial charge on any atom is -0.356 e. The van der Waals surface area contributed by atoms with Crippen LogP contribution in [-0.2, 0) is 12.0 Å². The first-order valence-electron chi connectivity index (χ1n) is 8.90. The smallest absolute Gasteiger partial charge is 0.191 e. The van der Waals surface area contributed by atoms with Gasteiger partial charge in [0.05, 0.1) is 0 Å². The highest BCUT2D eigenvalue weighted by molar-refractivity contribution is 9.10. The molecule has 0 atom stereocenters. The van der Waals surface area contributed by atoms with Gasteiger partial charge in [0.25, 0.3) is 0 Å². The van der Waals surface area contributed by atoms with E-state index in [0.29, 0.717) is 0 Å². The second kappa shape index (κ2) is 8.52. The number of aryl methyl sites for hydroxylation is 1. The summed E-state index contributed by atoms with van der Waals surface area (Å²) in [5.74, 6) is 0.879. The van der Waals surface area contributed by atoms with Crippen molar-refractivity contribution in [3.05, 3.63) is 52.8 Å². The monoisotopic (exact) mass is 403 g/mol. The zero-order valence-electron chi connectivity index (χ0n) is 14.7. The van der Waals surface area contributed by atoms with Crippen LogP contribution < -0.4 is 10.6 Å². The van der Waals surface area contributed by atoms with Gasteiger partial charge in [-0.2, -0.15) is 5.10 Å². The van der Waals surface area contributed by atoms with Crippen LogP contribution >= 0.6 is 15.9 Å². The average molecular weight is 404 g/mol. The Morgan fingerprint density at radius 1 is 1.28 bits per heavy atom. The number of benzene rings is 1. The number of hydrogen-bond donors (Lipinski definition) is 2. The molecular formula is C19H26BrN5. The molecule has 1 aliphatic carbocycles. The van der Waals surface area contributed by atoms with E-state index < -0.39 is 0 Å². The van der Waals surface area contributed by atoms with Crippen molar-refractivity contribution in [2.45, 2.75) is 37.6 Å². The van der Waals surface area contributed by atoms with Crippen LogP contribution in [0.4, 0.5) is 0 Å². The molecule has 1 heterocycles. The van der Waals surface area contributed by atoms with Crippen LogP contribution in [-0.4, -0.2) is 35.9 Å². The van der Waals surface area contributed by atoms with E-state index in [0.717, 1.165) is 36.5 Å². The van der Waals surface area contributed by atoms with Crippen molar-refractivity contribution in [2.75, 3.05) is 20.1 Å². The summed E-state index contributed by atoms with van der Waals surface area (Å²) in [6.45, 7) is 2.72. The molecule has 0 bridgehead atoms. The SMILES string of the molecule is CN=C(NCCCn1cccn1)NCC1(c2ccc(Br)cc2)CCC1. The van der Waals surface area contributed by atoms with Gasteiger partial charge in [0.2, 0.25) is 0 Å². The molecule has 0 saturated heterocycles. The lowest BCUT2D eigenvalue weighted by molar-refractivity contribution is 0.244. The van der Waals surface area contributed by atoms with E-state index in [4.69, 9.17) is 0 Å². The topological polar surface area (TPSA) is 54.2 Å². The lowest BCUT2D eigenvalue weighted by Crippen LogP contribution is -2.49. The van der Waals surface area contributed by atoms with E-state index in [1.165, 1.54) is 24.8 Å². The van der Waals surface area contributed by atoms with Gasteiger partial charge in [-0.25, -0.2) is 0 Å². The van der Waals surface area contributed by atoms with Gasteiger partial charge in [-0.15, -0.1) is 0 Å². The fraction of sp³-hybridized carbons (Fsp3) is 0.474. The van der Waals surface area contributed by atoms with Crippen LogP contribution in [0.15, 0.2) is 52.2 Å². The van der Waals surface area contributed by atoms with Gasteiger partial charge in [0.1, 0.15) is 0 Å². The normalized spacial score (nSPS) is 16.3. The maximum absolute atomic E-state index is 4.36. The zero-order chi connectivity index (χ0) is 17.5. The Morgan fingerprint density at radius 3 is 2.68 bits per heavy atom. The quantitative estimate of drug-likeness (QED) is 0.423. The predicted octanol–water partition coefficient (Wildman–Crippen LogP) is 3.32. The van der Waals surface area contributed by atoms with Gasteiger partial charge in [-0.1, -0.05) is 34.5 Å². The van der Waals surface area contributed by atoms with E-state index in [-0.39, 0.29) is 5.41 Å². The minimum atomic E-state index is 0.243. The number of aliphatic imine (C=N–C) groups is 1. The van der Waals surface area contributed by atoms with Crippen molar-refractivity contribution in [1.82, 2.24) is 20.4 Å². The molecule has 0 radical (unpaired) electrons. The molecular weight excluding hydrogens is 378 g/mol. The predicted molar refractivity (Wildman–Crippen MR) is 106 cm³/mol. The first kappa shape index (κ1) is 18.0. The Morgan fingerprint density at radius 2 is 2.08 bits per heavy atom. The number of rotatable bonds is 7. The Balaban J connectivity index is 1.47. The van der Waals surface area contributed by atoms with Crippen molar-refractivity contribution >= 4 is 21.9 Å². The number of nitrogens with zero attached hydrogens (tertiary/aromatic N) is 3. The molecule has 134 valence electrons. The highest BCUT2D eigenvalue weighted by Crippen LogP contribution is 2.43. The molecule has 3 rings (SSSR count). The van der Waals surface area contributed by atoms with Gasteiger partial charge in [0, 0.05) is 49.0 Å². The van der Waals surface area contributed by atoms with Crippen molar-refractivity contribution in [1.29, 1.82) is 0 Å². The first-order valence-corrected chi connectivity index (χ1v) is 9.69. The Labute approximate surface area is 158 Å². The van der Waals surface area contributed by atoms with Gasteiger partial charge in [-0.3, -0.25) is 9.67 Å². The Hall–Kier alpha value is -1.82. The van der Waals surface area contributed by atoms with E-state index in [9.17, 15) is 0 Å². The van der Waals surface area contributed by atoms with Gasteiger partial charge in [0.15, 0.2) is 5.96 Å². The average Bonchev–Trinajstić information content (AvgIpc) is 3.10. The fourth-order valence-corrected chi connectivity index (χ4v) is 3.59. The van der Waals surface area contributed by atoms with Crippen molar-refractivity contribution in [3.8, 4) is 0 Å². The number of aromatic nitrogens is 2. The van der Waals surface area contributed by atoms with Crippen LogP contribution in [0.25, 0.3) is 0 Å². The van der Waals surface area contributed by atoms with E-state index in [1.807, 2.05) is 30.2 Å². The summed E-state index contributed by atoms with van der Waals surface area (Å²) in [6.07, 6.45) is 8.59. The largest absolute Gasteiger partial charge is 0.356 e. The van der Waals surface area contributed by atoms with Crippen LogP contribution in [0.5, 0.6) is 0 Å². The van der Waals surface area contributed by atoms with E-state index in [2.05, 4.69) is 60.9 Å². The molecule has 1 saturated carbocycles. The number of hydrogen-bond acceptors (Lipinski definition) is 2. The Kier molecular flexibility index (Phi) is 6.13. The second-order valence-electron chi connectivity index (χ2n) is 6.62. The molecule has 1 fully saturated rings. The molecule has 0 unspecified atom stereocenters. The van der Waals surface area contributed by atoms with Crippen LogP contribution in [0.3, 0.4) is 0 Å². The molecule has 0 aliphatic heterocycles. The van der Waals surface area contributed by atoms with Crippen LogP contribution in [0.2, 0.25) is 0 Å². The standard InChI is InChI=1S/C19H26BrN5/c1-21-18(22-11-3-13-25-14-4-12-24-25)23-15-19(9-2-10-19)16-5-7-17(20)8-6-16/h4-8,12,14H,2-3,9-11,13,15H2,1H3,(H2,21,22,23). The summed E-state index contributed by atoms with van der Waals surface area (Å²) in [7, 11) is 1.83. The summed E-state index contributed by atoms with van der Waals surface area (Å²) < 4.78 is 3.09. The molecule has 25 heavy (non-hydrogen) atoms. The maximum Gasteiger partial charge on any atom is 0.191 e. The van der Waals surface area contributed by atoms with Crippen LogP contribution in [0.1, 0.15) is 31.2 Å². The molecule has 2 N–H and O–H groups in total. The first-order chi connectivity index (χ1) is 12.2. The van der Waals surface area contributed by atoms with E-state index in [1.54, 1.807) is 0 Å². The Bertz CT molecular complexity index is 674. The summed E-state index contributed by atoms with van der Waals surface area (Å²) in [6, 6.07) is 10.7. The number of nitrogens with one attached hydrogen (secondary N) is 2. The zero-order valence-corrected chi connectivity index (χ0v) is 16.3. The molecule has 6 heteroatoms. The minimum absolute atomic E-state index is 0.243. The molecule has 2 aromatic rings. The summed E-state index contributed by atoms with van der Waals surface area (Å²) >= 11 is 3.52. The van der Waals surface area contributed by atoms with Gasteiger partial charge < -0.3 is 10.6 Å². The summed E-state index contributed by atoms with van der Waals surface area (Å²) in [5.41, 5.74) is 1.66. The molecule has 5 nitrogen and oxygen atoms in total. The third kappa shape index (κ3) is 4.63. The third-order valence-electron chi connectivity index (χ3n) is 5.00. The van der Waals surface area contributed by atoms with Gasteiger partial charge in [-0.05, 0) is 43.0 Å². The summed E-state index contributed by atoms with van der Waals surface area (Å²) in [5, 5.41) is 11.1. The third-order valence-corrected chi connectivity index (χ3v) is 5.53. The van der Waals surface area contributed by atoms with Crippen molar-refractivity contribution in [3.63, 3.8) is 0 Å². The fourth-order valence-electron chi connectivity index (χ4n) is 3.33. The van der Waals surface area contributed by atoms with Crippen molar-refractivity contribution < 1.29 is 0 Å². The number of halogens is 1. The lowest BCUT2D eigenvalue weighted by atomic mass is 9.64. The molecule has 1 aliphatic rings. The van der Waals surface area contributed by atoms with Gasteiger partial charge >= 0.3 is 0 Å². The van der Waals surface area contributed by atoms with E-state index >= 15 is 0 Å². The molecule has 1 aromatic heterocycles. The summed E-state index contributed by atoms with van der Waals surface area (Å²) in [4.78, 5) is 4.36. The van der Waals surface area contributed by atoms with Crippen molar-refractivity contribution in [2.24, 2.45) is 4.99 Å². The highest BCUT2D eigenvalue weighted by Gasteiger charge is 2.38. The highest BCUT2D eigenvalue weighted by atomic mass is 79.9. The maximum atomic E-state index is 4.36. The second-order valence-corrected chi connectivity index (χ2v) is 7.53. The number of guanidine groups is 1. The lowest BCUT2D eigenvalue weighted by Gasteiger charge is -2.43. The molecule has 0 spiro atoms. The molecule has 1 aromatic carbocycles. The molecule has 0 amide bonds.